The molecule has 10 heteroatoms. The molecule has 0 saturated heterocycles. The van der Waals surface area contributed by atoms with E-state index in [0.717, 1.165) is 9.35 Å². The third-order valence-electron chi connectivity index (χ3n) is 3.29. The number of nitrogens with zero attached hydrogens (tertiary/aromatic N) is 3. The number of carbonyl (C=O) groups is 2. The predicted molar refractivity (Wildman–Crippen MR) is 108 cm³/mol. The van der Waals surface area contributed by atoms with Gasteiger partial charge in [-0.3, -0.25) is 14.9 Å². The van der Waals surface area contributed by atoms with Crippen molar-refractivity contribution in [2.75, 3.05) is 18.9 Å². The molecule has 26 heavy (non-hydrogen) atoms. The van der Waals surface area contributed by atoms with Gasteiger partial charge in [-0.1, -0.05) is 41.1 Å². The molecule has 2 aromatic heterocycles. The van der Waals surface area contributed by atoms with Crippen molar-refractivity contribution >= 4 is 67.2 Å². The number of anilines is 1. The first-order valence-electron chi connectivity index (χ1n) is 7.33. The number of thiophene rings is 1. The van der Waals surface area contributed by atoms with Crippen molar-refractivity contribution in [1.29, 1.82) is 0 Å². The van der Waals surface area contributed by atoms with Crippen LogP contribution in [-0.2, 0) is 4.79 Å². The number of hydrogen-bond acceptors (Lipinski definition) is 6. The summed E-state index contributed by atoms with van der Waals surface area (Å²) in [5, 5.41) is 12.2. The van der Waals surface area contributed by atoms with Crippen LogP contribution in [0.25, 0.3) is 10.6 Å². The maximum absolute atomic E-state index is 12.3. The van der Waals surface area contributed by atoms with Gasteiger partial charge in [-0.2, -0.15) is 0 Å². The van der Waals surface area contributed by atoms with Crippen LogP contribution in [0.3, 0.4) is 0 Å². The van der Waals surface area contributed by atoms with Gasteiger partial charge in [0, 0.05) is 12.6 Å². The summed E-state index contributed by atoms with van der Waals surface area (Å²) in [6.07, 6.45) is 0. The van der Waals surface area contributed by atoms with E-state index in [1.807, 2.05) is 18.2 Å². The Morgan fingerprint density at radius 1 is 1.19 bits per heavy atom. The maximum Gasteiger partial charge on any atom is 0.264 e. The summed E-state index contributed by atoms with van der Waals surface area (Å²) in [6.45, 7) is -0.0879. The van der Waals surface area contributed by atoms with E-state index in [4.69, 9.17) is 11.6 Å². The highest BCUT2D eigenvalue weighted by Crippen LogP contribution is 2.31. The van der Waals surface area contributed by atoms with Crippen LogP contribution in [-0.4, -0.2) is 40.5 Å². The number of halogens is 2. The molecular formula is C16H12BrClN4O2S2. The van der Waals surface area contributed by atoms with E-state index in [1.54, 1.807) is 25.2 Å². The van der Waals surface area contributed by atoms with Crippen LogP contribution in [0, 0.1) is 0 Å². The summed E-state index contributed by atoms with van der Waals surface area (Å²) >= 11 is 12.0. The van der Waals surface area contributed by atoms with Gasteiger partial charge in [0.05, 0.1) is 20.2 Å². The minimum Gasteiger partial charge on any atom is -0.332 e. The third-order valence-corrected chi connectivity index (χ3v) is 6.10. The lowest BCUT2D eigenvalue weighted by molar-refractivity contribution is -0.116. The van der Waals surface area contributed by atoms with Crippen LogP contribution < -0.4 is 5.32 Å². The van der Waals surface area contributed by atoms with E-state index in [2.05, 4.69) is 31.4 Å². The summed E-state index contributed by atoms with van der Waals surface area (Å²) in [7, 11) is 1.57. The SMILES string of the molecule is CN(CC(=O)Nc1nnc(-c2ccccc2Cl)s1)C(=O)c1ccc(Br)s1. The van der Waals surface area contributed by atoms with Crippen LogP contribution in [0.2, 0.25) is 5.02 Å². The summed E-state index contributed by atoms with van der Waals surface area (Å²) < 4.78 is 0.861. The Labute approximate surface area is 170 Å². The van der Waals surface area contributed by atoms with Crippen molar-refractivity contribution in [3.05, 3.63) is 50.1 Å². The molecule has 6 nitrogen and oxygen atoms in total. The second-order valence-electron chi connectivity index (χ2n) is 5.21. The molecule has 2 heterocycles. The highest BCUT2D eigenvalue weighted by atomic mass is 79.9. The number of benzene rings is 1. The molecule has 2 amide bonds. The summed E-state index contributed by atoms with van der Waals surface area (Å²) in [5.41, 5.74) is 0.753. The second-order valence-corrected chi connectivity index (χ2v) is 9.05. The Balaban J connectivity index is 1.62. The molecule has 0 bridgehead atoms. The number of rotatable bonds is 5. The fourth-order valence-electron chi connectivity index (χ4n) is 2.08. The van der Waals surface area contributed by atoms with Crippen LogP contribution in [0.5, 0.6) is 0 Å². The van der Waals surface area contributed by atoms with Crippen LogP contribution >= 0.6 is 50.2 Å². The number of aromatic nitrogens is 2. The van der Waals surface area contributed by atoms with Crippen molar-refractivity contribution in [2.45, 2.75) is 0 Å². The quantitative estimate of drug-likeness (QED) is 0.599. The smallest absolute Gasteiger partial charge is 0.264 e. The molecule has 0 spiro atoms. The average Bonchev–Trinajstić information content (AvgIpc) is 3.23. The van der Waals surface area contributed by atoms with Gasteiger partial charge in [-0.05, 0) is 34.1 Å². The van der Waals surface area contributed by atoms with Gasteiger partial charge < -0.3 is 4.90 Å². The summed E-state index contributed by atoms with van der Waals surface area (Å²) in [4.78, 5) is 26.4. The summed E-state index contributed by atoms with van der Waals surface area (Å²) in [6, 6.07) is 10.8. The fraction of sp³-hybridized carbons (Fsp3) is 0.125. The number of amides is 2. The fourth-order valence-corrected chi connectivity index (χ4v) is 4.54. The molecular weight excluding hydrogens is 460 g/mol. The Morgan fingerprint density at radius 2 is 1.96 bits per heavy atom. The van der Waals surface area contributed by atoms with Crippen LogP contribution in [0.4, 0.5) is 5.13 Å². The average molecular weight is 472 g/mol. The number of hydrogen-bond donors (Lipinski definition) is 1. The van der Waals surface area contributed by atoms with E-state index in [9.17, 15) is 9.59 Å². The molecule has 0 atom stereocenters. The highest BCUT2D eigenvalue weighted by Gasteiger charge is 2.18. The molecule has 0 unspecified atom stereocenters. The maximum atomic E-state index is 12.3. The Hall–Kier alpha value is -1.81. The predicted octanol–water partition coefficient (Wildman–Crippen LogP) is 4.39. The van der Waals surface area contributed by atoms with Crippen molar-refractivity contribution in [1.82, 2.24) is 15.1 Å². The number of carbonyl (C=O) groups excluding carboxylic acids is 2. The van der Waals surface area contributed by atoms with Gasteiger partial charge in [0.1, 0.15) is 0 Å². The molecule has 1 aromatic carbocycles. The lowest BCUT2D eigenvalue weighted by Crippen LogP contribution is -2.34. The highest BCUT2D eigenvalue weighted by molar-refractivity contribution is 9.11. The zero-order valence-corrected chi connectivity index (χ0v) is 17.4. The van der Waals surface area contributed by atoms with Crippen molar-refractivity contribution in [3.63, 3.8) is 0 Å². The lowest BCUT2D eigenvalue weighted by atomic mass is 10.2. The zero-order chi connectivity index (χ0) is 18.7. The van der Waals surface area contributed by atoms with E-state index in [0.29, 0.717) is 20.0 Å². The van der Waals surface area contributed by atoms with Gasteiger partial charge >= 0.3 is 0 Å². The van der Waals surface area contributed by atoms with Crippen LogP contribution in [0.1, 0.15) is 9.67 Å². The minimum absolute atomic E-state index is 0.0879. The summed E-state index contributed by atoms with van der Waals surface area (Å²) in [5.74, 6) is -0.566. The Bertz CT molecular complexity index is 959. The molecule has 0 aliphatic rings. The first-order valence-corrected chi connectivity index (χ1v) is 10.1. The molecule has 0 aliphatic carbocycles. The minimum atomic E-state index is -0.349. The van der Waals surface area contributed by atoms with Gasteiger partial charge in [0.15, 0.2) is 5.01 Å². The van der Waals surface area contributed by atoms with Crippen molar-refractivity contribution < 1.29 is 9.59 Å². The number of nitrogens with one attached hydrogen (secondary N) is 1. The van der Waals surface area contributed by atoms with Gasteiger partial charge in [0.25, 0.3) is 5.91 Å². The lowest BCUT2D eigenvalue weighted by Gasteiger charge is -2.14. The molecule has 3 rings (SSSR count). The monoisotopic (exact) mass is 470 g/mol. The first-order chi connectivity index (χ1) is 12.4. The van der Waals surface area contributed by atoms with Gasteiger partial charge in [-0.15, -0.1) is 21.5 Å². The molecule has 134 valence electrons. The normalized spacial score (nSPS) is 10.6. The molecule has 0 fully saturated rings. The number of likely N-dealkylation sites (N-methyl/N-ethyl adjacent to an activating group) is 1. The molecule has 3 aromatic rings. The van der Waals surface area contributed by atoms with E-state index < -0.39 is 0 Å². The molecule has 0 saturated carbocycles. The topological polar surface area (TPSA) is 75.2 Å². The van der Waals surface area contributed by atoms with E-state index >= 15 is 0 Å². The molecule has 0 radical (unpaired) electrons. The first kappa shape index (κ1) is 19.0. The largest absolute Gasteiger partial charge is 0.332 e. The molecule has 0 aliphatic heterocycles. The van der Waals surface area contributed by atoms with E-state index in [-0.39, 0.29) is 18.4 Å². The Morgan fingerprint density at radius 3 is 2.65 bits per heavy atom. The van der Waals surface area contributed by atoms with Gasteiger partial charge in [-0.25, -0.2) is 0 Å². The van der Waals surface area contributed by atoms with Crippen molar-refractivity contribution in [3.8, 4) is 10.6 Å². The standard InChI is InChI=1S/C16H12BrClN4O2S2/c1-22(15(24)11-6-7-12(17)25-11)8-13(23)19-16-21-20-14(26-16)9-4-2-3-5-10(9)18/h2-7H,8H2,1H3,(H,19,21,23). The Kier molecular flexibility index (Phi) is 6.02. The zero-order valence-electron chi connectivity index (χ0n) is 13.4. The molecule has 1 N–H and O–H groups in total. The van der Waals surface area contributed by atoms with Crippen LogP contribution in [0.15, 0.2) is 40.2 Å². The van der Waals surface area contributed by atoms with Crippen molar-refractivity contribution in [2.24, 2.45) is 0 Å². The second kappa shape index (κ2) is 8.26. The van der Waals surface area contributed by atoms with E-state index in [1.165, 1.54) is 27.6 Å². The van der Waals surface area contributed by atoms with Gasteiger partial charge in [0.2, 0.25) is 11.0 Å². The third kappa shape index (κ3) is 4.47.